The van der Waals surface area contributed by atoms with Gasteiger partial charge in [-0.25, -0.2) is 14.0 Å². The predicted octanol–water partition coefficient (Wildman–Crippen LogP) is 1.30. The molecule has 0 aliphatic carbocycles. The van der Waals surface area contributed by atoms with Gasteiger partial charge in [0.05, 0.1) is 10.6 Å². The second-order valence-corrected chi connectivity index (χ2v) is 8.11. The number of benzene rings is 1. The van der Waals surface area contributed by atoms with Crippen LogP contribution in [0, 0.1) is 13.8 Å². The largest absolute Gasteiger partial charge is 0.433 e. The zero-order chi connectivity index (χ0) is 22.9. The molecule has 168 valence electrons. The highest BCUT2D eigenvalue weighted by molar-refractivity contribution is 7.92. The molecule has 1 aliphatic rings. The summed E-state index contributed by atoms with van der Waals surface area (Å²) >= 11 is 6.22. The number of carbonyl (C=O) groups excluding carboxylic acids is 1. The number of aromatic nitrogens is 1. The minimum absolute atomic E-state index is 0.0337. The summed E-state index contributed by atoms with van der Waals surface area (Å²) in [7, 11) is -2.84. The number of hydrazone groups is 1. The highest BCUT2D eigenvalue weighted by Gasteiger charge is 2.29. The second-order valence-electron chi connectivity index (χ2n) is 6.11. The SMILES string of the molecule is Cc1noc(C)c1S(=O)(=O)Nc1c(OC(F)F)ccc(C(=O)NC2=NNNN2C)c1Cl. The molecule has 12 nitrogen and oxygen atoms in total. The molecule has 1 aromatic carbocycles. The molecule has 2 aromatic rings. The quantitative estimate of drug-likeness (QED) is 0.480. The van der Waals surface area contributed by atoms with Crippen molar-refractivity contribution in [2.75, 3.05) is 11.8 Å². The van der Waals surface area contributed by atoms with E-state index in [9.17, 15) is 22.0 Å². The number of sulfonamides is 1. The third-order valence-corrected chi connectivity index (χ3v) is 5.95. The van der Waals surface area contributed by atoms with E-state index in [1.54, 1.807) is 7.05 Å². The van der Waals surface area contributed by atoms with Crippen molar-refractivity contribution in [1.29, 1.82) is 0 Å². The fraction of sp³-hybridized carbons (Fsp3) is 0.267. The fourth-order valence-electron chi connectivity index (χ4n) is 2.63. The molecule has 3 rings (SSSR count). The van der Waals surface area contributed by atoms with Gasteiger partial charge in [0, 0.05) is 7.05 Å². The molecule has 16 heteroatoms. The van der Waals surface area contributed by atoms with Gasteiger partial charge in [-0.05, 0) is 26.0 Å². The molecule has 2 heterocycles. The molecule has 1 aromatic heterocycles. The van der Waals surface area contributed by atoms with E-state index in [4.69, 9.17) is 16.1 Å². The number of hydrazine groups is 2. The third kappa shape index (κ3) is 4.62. The van der Waals surface area contributed by atoms with Gasteiger partial charge in [-0.3, -0.25) is 19.8 Å². The topological polar surface area (TPSA) is 150 Å². The Balaban J connectivity index is 2.02. The van der Waals surface area contributed by atoms with E-state index in [2.05, 4.69) is 36.1 Å². The highest BCUT2D eigenvalue weighted by Crippen LogP contribution is 2.38. The standard InChI is InChI=1S/C15H16ClF2N7O5S/c1-6-12(7(2)30-21-6)31(27,28)22-11-9(29-14(17)18)5-4-8(10(11)16)13(26)19-15-20-23-24-25(15)3/h4-5,14,22-24H,1-3H3,(H,19,20,26). The van der Waals surface area contributed by atoms with Crippen LogP contribution < -0.4 is 25.8 Å². The van der Waals surface area contributed by atoms with Crippen LogP contribution in [-0.2, 0) is 10.0 Å². The Hall–Kier alpha value is -3.17. The number of nitrogens with one attached hydrogen (secondary N) is 4. The summed E-state index contributed by atoms with van der Waals surface area (Å²) in [6.07, 6.45) is 0. The van der Waals surface area contributed by atoms with Gasteiger partial charge in [0.15, 0.2) is 16.4 Å². The summed E-state index contributed by atoms with van der Waals surface area (Å²) in [4.78, 5) is 12.3. The van der Waals surface area contributed by atoms with Crippen LogP contribution >= 0.6 is 11.6 Å². The number of hydrogen-bond acceptors (Lipinski definition) is 10. The lowest BCUT2D eigenvalue weighted by Gasteiger charge is -2.17. The minimum atomic E-state index is -4.39. The van der Waals surface area contributed by atoms with E-state index in [1.165, 1.54) is 18.9 Å². The Kier molecular flexibility index (Phi) is 6.19. The van der Waals surface area contributed by atoms with Crippen LogP contribution in [0.1, 0.15) is 21.8 Å². The van der Waals surface area contributed by atoms with Gasteiger partial charge >= 0.3 is 6.61 Å². The summed E-state index contributed by atoms with van der Waals surface area (Å²) in [5.74, 6) is -1.34. The van der Waals surface area contributed by atoms with E-state index in [0.29, 0.717) is 0 Å². The fourth-order valence-corrected chi connectivity index (χ4v) is 4.39. The van der Waals surface area contributed by atoms with Crippen molar-refractivity contribution >= 4 is 39.2 Å². The number of halogens is 3. The van der Waals surface area contributed by atoms with Crippen molar-refractivity contribution < 1.29 is 31.3 Å². The Morgan fingerprint density at radius 1 is 1.35 bits per heavy atom. The van der Waals surface area contributed by atoms with Gasteiger partial charge in [0.25, 0.3) is 15.9 Å². The van der Waals surface area contributed by atoms with Crippen LogP contribution in [0.4, 0.5) is 14.5 Å². The number of anilines is 1. The van der Waals surface area contributed by atoms with Gasteiger partial charge in [0.2, 0.25) is 5.96 Å². The number of guanidine groups is 1. The molecule has 0 fully saturated rings. The summed E-state index contributed by atoms with van der Waals surface area (Å²) in [6, 6.07) is 2.08. The Labute approximate surface area is 179 Å². The molecule has 0 saturated carbocycles. The first-order valence-corrected chi connectivity index (χ1v) is 10.2. The van der Waals surface area contributed by atoms with Crippen molar-refractivity contribution in [3.63, 3.8) is 0 Å². The maximum atomic E-state index is 12.9. The molecular weight excluding hydrogens is 464 g/mol. The third-order valence-electron chi connectivity index (χ3n) is 3.96. The van der Waals surface area contributed by atoms with E-state index in [0.717, 1.165) is 12.1 Å². The van der Waals surface area contributed by atoms with Crippen LogP contribution in [0.5, 0.6) is 5.75 Å². The predicted molar refractivity (Wildman–Crippen MR) is 104 cm³/mol. The van der Waals surface area contributed by atoms with Gasteiger partial charge < -0.3 is 9.26 Å². The number of rotatable bonds is 6. The van der Waals surface area contributed by atoms with Crippen molar-refractivity contribution in [2.45, 2.75) is 25.4 Å². The molecule has 0 saturated heterocycles. The van der Waals surface area contributed by atoms with Crippen molar-refractivity contribution in [2.24, 2.45) is 5.10 Å². The highest BCUT2D eigenvalue weighted by atomic mass is 35.5. The van der Waals surface area contributed by atoms with E-state index in [1.807, 2.05) is 0 Å². The number of carbonyl (C=O) groups is 1. The van der Waals surface area contributed by atoms with Crippen molar-refractivity contribution in [3.05, 3.63) is 34.2 Å². The van der Waals surface area contributed by atoms with Gasteiger partial charge in [-0.1, -0.05) is 16.8 Å². The average Bonchev–Trinajstić information content (AvgIpc) is 3.22. The second kappa shape index (κ2) is 8.52. The maximum absolute atomic E-state index is 12.9. The normalized spacial score (nSPS) is 13.8. The van der Waals surface area contributed by atoms with E-state index >= 15 is 0 Å². The molecule has 0 atom stereocenters. The number of ether oxygens (including phenoxy) is 1. The monoisotopic (exact) mass is 479 g/mol. The first-order chi connectivity index (χ1) is 14.5. The summed E-state index contributed by atoms with van der Waals surface area (Å²) in [5, 5.41) is 10.6. The number of amides is 1. The number of alkyl halides is 2. The molecule has 31 heavy (non-hydrogen) atoms. The number of nitrogens with zero attached hydrogens (tertiary/aromatic N) is 3. The van der Waals surface area contributed by atoms with E-state index in [-0.39, 0.29) is 27.9 Å². The van der Waals surface area contributed by atoms with Crippen LogP contribution in [-0.4, -0.2) is 44.1 Å². The first kappa shape index (κ1) is 22.5. The Morgan fingerprint density at radius 3 is 2.61 bits per heavy atom. The van der Waals surface area contributed by atoms with Gasteiger partial charge in [-0.2, -0.15) is 8.78 Å². The lowest BCUT2D eigenvalue weighted by Crippen LogP contribution is -2.45. The molecule has 0 bridgehead atoms. The lowest BCUT2D eigenvalue weighted by molar-refractivity contribution is -0.0493. The van der Waals surface area contributed by atoms with Crippen molar-refractivity contribution in [3.8, 4) is 5.75 Å². The first-order valence-electron chi connectivity index (χ1n) is 8.37. The number of aryl methyl sites for hydroxylation is 2. The molecule has 0 spiro atoms. The summed E-state index contributed by atoms with van der Waals surface area (Å²) in [6.45, 7) is -0.539. The summed E-state index contributed by atoms with van der Waals surface area (Å²) in [5.41, 5.74) is 4.20. The van der Waals surface area contributed by atoms with Gasteiger partial charge in [0.1, 0.15) is 11.4 Å². The smallest absolute Gasteiger partial charge is 0.387 e. The molecule has 1 aliphatic heterocycles. The number of hydrogen-bond donors (Lipinski definition) is 4. The zero-order valence-corrected chi connectivity index (χ0v) is 17.7. The van der Waals surface area contributed by atoms with Crippen LogP contribution in [0.15, 0.2) is 26.7 Å². The van der Waals surface area contributed by atoms with Crippen LogP contribution in [0.25, 0.3) is 0 Å². The van der Waals surface area contributed by atoms with Crippen LogP contribution in [0.2, 0.25) is 5.02 Å². The minimum Gasteiger partial charge on any atom is -0.433 e. The molecule has 0 radical (unpaired) electrons. The lowest BCUT2D eigenvalue weighted by atomic mass is 10.1. The van der Waals surface area contributed by atoms with Crippen LogP contribution in [0.3, 0.4) is 0 Å². The molecular formula is C15H16ClF2N7O5S. The van der Waals surface area contributed by atoms with E-state index < -0.39 is 39.0 Å². The Morgan fingerprint density at radius 2 is 2.06 bits per heavy atom. The molecule has 0 unspecified atom stereocenters. The Bertz CT molecular complexity index is 1140. The maximum Gasteiger partial charge on any atom is 0.387 e. The van der Waals surface area contributed by atoms with Gasteiger partial charge in [-0.15, -0.1) is 10.6 Å². The average molecular weight is 480 g/mol. The molecule has 1 amide bonds. The zero-order valence-electron chi connectivity index (χ0n) is 16.2. The summed E-state index contributed by atoms with van der Waals surface area (Å²) < 4.78 is 62.7. The molecule has 4 N–H and O–H groups in total. The van der Waals surface area contributed by atoms with Crippen molar-refractivity contribution in [1.82, 2.24) is 26.6 Å².